The third-order valence-corrected chi connectivity index (χ3v) is 17.5. The second kappa shape index (κ2) is 57.9. The first-order valence-corrected chi connectivity index (χ1v) is 38.2. The van der Waals surface area contributed by atoms with Crippen LogP contribution >= 0.6 is 15.6 Å². The summed E-state index contributed by atoms with van der Waals surface area (Å²) in [6.07, 6.45) is 39.3. The molecule has 0 aromatic heterocycles. The Kier molecular flexibility index (Phi) is 56.6. The van der Waals surface area contributed by atoms with Crippen LogP contribution in [0.4, 0.5) is 0 Å². The normalized spacial score (nSPS) is 14.3. The zero-order valence-corrected chi connectivity index (χ0v) is 58.4. The number of aliphatic hydroxyl groups excluding tert-OH is 1. The van der Waals surface area contributed by atoms with E-state index in [1.165, 1.54) is 135 Å². The van der Waals surface area contributed by atoms with E-state index in [2.05, 4.69) is 55.4 Å². The minimum atomic E-state index is -4.95. The molecule has 0 aromatic carbocycles. The molecular weight excluding hydrogens is 1150 g/mol. The van der Waals surface area contributed by atoms with E-state index in [4.69, 9.17) is 37.0 Å². The van der Waals surface area contributed by atoms with Gasteiger partial charge in [0.15, 0.2) is 12.2 Å². The third kappa shape index (κ3) is 62.6. The average Bonchev–Trinajstić information content (AvgIpc) is 3.49. The van der Waals surface area contributed by atoms with Crippen LogP contribution in [-0.2, 0) is 65.4 Å². The number of aliphatic hydroxyl groups is 1. The highest BCUT2D eigenvalue weighted by Crippen LogP contribution is 2.45. The van der Waals surface area contributed by atoms with Gasteiger partial charge in [0.25, 0.3) is 0 Å². The van der Waals surface area contributed by atoms with Crippen molar-refractivity contribution in [1.82, 2.24) is 0 Å². The predicted octanol–water partition coefficient (Wildman–Crippen LogP) is 18.9. The molecule has 0 aliphatic carbocycles. The van der Waals surface area contributed by atoms with Gasteiger partial charge >= 0.3 is 39.5 Å². The lowest BCUT2D eigenvalue weighted by atomic mass is 10.0. The van der Waals surface area contributed by atoms with Gasteiger partial charge in [0.1, 0.15) is 19.3 Å². The van der Waals surface area contributed by atoms with Crippen molar-refractivity contribution in [3.63, 3.8) is 0 Å². The summed E-state index contributed by atoms with van der Waals surface area (Å²) in [5.74, 6) is 0.752. The first-order chi connectivity index (χ1) is 41.6. The quantitative estimate of drug-likeness (QED) is 0.0222. The fraction of sp³-hybridized carbons (Fsp3) is 0.941. The molecule has 3 N–H and O–H groups in total. The highest BCUT2D eigenvalue weighted by molar-refractivity contribution is 7.47. The van der Waals surface area contributed by atoms with Crippen molar-refractivity contribution in [2.45, 2.75) is 350 Å². The molecule has 0 amide bonds. The predicted molar refractivity (Wildman–Crippen MR) is 349 cm³/mol. The molecule has 3 unspecified atom stereocenters. The maximum absolute atomic E-state index is 13.0. The van der Waals surface area contributed by atoms with Crippen LogP contribution in [0.2, 0.25) is 0 Å². The SMILES string of the molecule is CC(C)CCCCCCCCCCCCCCCCC(=O)OC[C@H](COP(=O)(O)OCC(O)COP(=O)(O)OC[C@@H](COC(=O)CCCCCCCCCCC(C)C)OC(=O)CCCCCCCCCC(C)C)OC(=O)CCCCCCCCC(C)C. The van der Waals surface area contributed by atoms with Gasteiger partial charge in [-0.15, -0.1) is 0 Å². The Hall–Kier alpha value is -1.94. The Balaban J connectivity index is 5.18. The van der Waals surface area contributed by atoms with E-state index < -0.39 is 97.5 Å². The van der Waals surface area contributed by atoms with Gasteiger partial charge in [-0.1, -0.05) is 280 Å². The topological polar surface area (TPSA) is 237 Å². The van der Waals surface area contributed by atoms with Gasteiger partial charge in [0.2, 0.25) is 0 Å². The van der Waals surface area contributed by atoms with E-state index in [1.54, 1.807) is 0 Å². The molecule has 0 aliphatic heterocycles. The third-order valence-electron chi connectivity index (χ3n) is 15.6. The van der Waals surface area contributed by atoms with Crippen molar-refractivity contribution >= 4 is 39.5 Å². The number of phosphoric acid groups is 2. The summed E-state index contributed by atoms with van der Waals surface area (Å²) in [6, 6.07) is 0. The van der Waals surface area contributed by atoms with Gasteiger partial charge in [0, 0.05) is 25.7 Å². The molecular formula is C68H132O17P2. The highest BCUT2D eigenvalue weighted by atomic mass is 31.2. The lowest BCUT2D eigenvalue weighted by molar-refractivity contribution is -0.161. The molecule has 0 rings (SSSR count). The molecule has 0 aliphatic rings. The van der Waals surface area contributed by atoms with E-state index in [0.717, 1.165) is 102 Å². The molecule has 0 saturated heterocycles. The molecule has 0 heterocycles. The summed E-state index contributed by atoms with van der Waals surface area (Å²) in [7, 11) is -9.89. The maximum Gasteiger partial charge on any atom is 0.472 e. The molecule has 87 heavy (non-hydrogen) atoms. The van der Waals surface area contributed by atoms with Crippen LogP contribution in [0.25, 0.3) is 0 Å². The van der Waals surface area contributed by atoms with Crippen LogP contribution in [0.5, 0.6) is 0 Å². The largest absolute Gasteiger partial charge is 0.472 e. The van der Waals surface area contributed by atoms with E-state index in [-0.39, 0.29) is 25.7 Å². The minimum absolute atomic E-state index is 0.102. The summed E-state index contributed by atoms with van der Waals surface area (Å²) in [5, 5.41) is 10.6. The first-order valence-electron chi connectivity index (χ1n) is 35.2. The van der Waals surface area contributed by atoms with Gasteiger partial charge < -0.3 is 33.8 Å². The molecule has 5 atom stereocenters. The van der Waals surface area contributed by atoms with Crippen molar-refractivity contribution in [2.24, 2.45) is 23.7 Å². The second-order valence-electron chi connectivity index (χ2n) is 26.5. The van der Waals surface area contributed by atoms with Crippen molar-refractivity contribution in [1.29, 1.82) is 0 Å². The Morgan fingerprint density at radius 1 is 0.287 bits per heavy atom. The summed E-state index contributed by atoms with van der Waals surface area (Å²) in [5.41, 5.74) is 0. The zero-order valence-electron chi connectivity index (χ0n) is 56.6. The number of esters is 4. The van der Waals surface area contributed by atoms with Crippen molar-refractivity contribution in [2.75, 3.05) is 39.6 Å². The minimum Gasteiger partial charge on any atom is -0.462 e. The van der Waals surface area contributed by atoms with Crippen LogP contribution in [0.1, 0.15) is 331 Å². The first kappa shape index (κ1) is 85.1. The molecule has 19 heteroatoms. The number of hydrogen-bond donors (Lipinski definition) is 3. The highest BCUT2D eigenvalue weighted by Gasteiger charge is 2.30. The Morgan fingerprint density at radius 3 is 0.713 bits per heavy atom. The van der Waals surface area contributed by atoms with Crippen LogP contribution in [-0.4, -0.2) is 96.7 Å². The fourth-order valence-corrected chi connectivity index (χ4v) is 11.7. The number of carbonyl (C=O) groups excluding carboxylic acids is 4. The molecule has 0 aromatic rings. The number of phosphoric ester groups is 2. The van der Waals surface area contributed by atoms with Crippen molar-refractivity contribution < 1.29 is 80.2 Å². The number of unbranched alkanes of at least 4 members (excludes halogenated alkanes) is 31. The van der Waals surface area contributed by atoms with Crippen LogP contribution in [0, 0.1) is 23.7 Å². The van der Waals surface area contributed by atoms with E-state index >= 15 is 0 Å². The average molecular weight is 1280 g/mol. The van der Waals surface area contributed by atoms with Gasteiger partial charge in [-0.3, -0.25) is 37.3 Å². The Bertz CT molecular complexity index is 1730. The number of carbonyl (C=O) groups is 4. The zero-order chi connectivity index (χ0) is 64.7. The smallest absolute Gasteiger partial charge is 0.462 e. The van der Waals surface area contributed by atoms with Gasteiger partial charge in [0.05, 0.1) is 26.4 Å². The number of rotatable bonds is 65. The molecule has 0 saturated carbocycles. The van der Waals surface area contributed by atoms with Crippen LogP contribution < -0.4 is 0 Å². The Labute approximate surface area is 530 Å². The lowest BCUT2D eigenvalue weighted by Crippen LogP contribution is -2.30. The lowest BCUT2D eigenvalue weighted by Gasteiger charge is -2.21. The standard InChI is InChI=1S/C68H132O17P2/c1-58(2)44-36-28-20-15-13-11-9-10-12-14-16-23-32-40-48-65(70)78-55-64(85-68(73)51-43-35-27-26-31-39-47-61(7)8)57-83-87(76,77)81-53-62(69)52-80-86(74,75)82-56-63(84-67(72)50-42-34-25-19-22-30-38-46-60(5)6)54-79-66(71)49-41-33-24-18-17-21-29-37-45-59(3)4/h58-64,69H,9-57H2,1-8H3,(H,74,75)(H,76,77)/t62?,63-,64-/m1/s1. The van der Waals surface area contributed by atoms with Crippen LogP contribution in [0.3, 0.4) is 0 Å². The number of hydrogen-bond acceptors (Lipinski definition) is 15. The molecule has 0 fully saturated rings. The molecule has 0 spiro atoms. The summed E-state index contributed by atoms with van der Waals surface area (Å²) in [6.45, 7) is 14.0. The monoisotopic (exact) mass is 1280 g/mol. The Morgan fingerprint density at radius 2 is 0.483 bits per heavy atom. The molecule has 0 bridgehead atoms. The van der Waals surface area contributed by atoms with Crippen molar-refractivity contribution in [3.8, 4) is 0 Å². The van der Waals surface area contributed by atoms with Crippen molar-refractivity contribution in [3.05, 3.63) is 0 Å². The van der Waals surface area contributed by atoms with Gasteiger partial charge in [-0.05, 0) is 49.4 Å². The van der Waals surface area contributed by atoms with Gasteiger partial charge in [-0.2, -0.15) is 0 Å². The second-order valence-corrected chi connectivity index (χ2v) is 29.4. The molecule has 0 radical (unpaired) electrons. The molecule has 17 nitrogen and oxygen atoms in total. The van der Waals surface area contributed by atoms with E-state index in [0.29, 0.717) is 37.5 Å². The maximum atomic E-state index is 13.0. The van der Waals surface area contributed by atoms with E-state index in [1.807, 2.05) is 0 Å². The fourth-order valence-electron chi connectivity index (χ4n) is 10.1. The van der Waals surface area contributed by atoms with E-state index in [9.17, 15) is 43.2 Å². The summed E-state index contributed by atoms with van der Waals surface area (Å²) >= 11 is 0. The number of ether oxygens (including phenoxy) is 4. The van der Waals surface area contributed by atoms with Crippen LogP contribution in [0.15, 0.2) is 0 Å². The summed E-state index contributed by atoms with van der Waals surface area (Å²) < 4.78 is 68.1. The molecule has 516 valence electrons. The van der Waals surface area contributed by atoms with Gasteiger partial charge in [-0.25, -0.2) is 9.13 Å². The summed E-state index contributed by atoms with van der Waals surface area (Å²) in [4.78, 5) is 72.3.